The highest BCUT2D eigenvalue weighted by atomic mass is 19.3. The van der Waals surface area contributed by atoms with Crippen molar-refractivity contribution in [2.24, 2.45) is 0 Å². The Kier molecular flexibility index (Phi) is 24.4. The average Bonchev–Trinajstić information content (AvgIpc) is 3.43. The Labute approximate surface area is 262 Å². The van der Waals surface area contributed by atoms with E-state index in [2.05, 4.69) is 13.2 Å². The molecule has 2 aliphatic rings. The SMILES string of the molecule is C/C=C\C.C=C(C)Oc1cc(C(=C)N2CCCOCC2)c(F)cc1OCC1=CCC=C(C(C)(F)F)C=C1.CC.CC.FCF. The highest BCUT2D eigenvalue weighted by Crippen LogP contribution is 2.36. The minimum Gasteiger partial charge on any atom is -0.485 e. The van der Waals surface area contributed by atoms with Gasteiger partial charge in [0.05, 0.1) is 12.4 Å². The van der Waals surface area contributed by atoms with Crippen LogP contribution in [0.1, 0.15) is 73.8 Å². The van der Waals surface area contributed by atoms with Gasteiger partial charge in [-0.25, -0.2) is 22.0 Å². The molecule has 0 radical (unpaired) electrons. The van der Waals surface area contributed by atoms with Crippen molar-refractivity contribution in [3.8, 4) is 11.5 Å². The first kappa shape index (κ1) is 42.8. The maximum Gasteiger partial charge on any atom is 0.270 e. The van der Waals surface area contributed by atoms with Gasteiger partial charge in [-0.3, -0.25) is 0 Å². The molecule has 0 saturated carbocycles. The van der Waals surface area contributed by atoms with Gasteiger partial charge in [0.2, 0.25) is 6.93 Å². The summed E-state index contributed by atoms with van der Waals surface area (Å²) in [5, 5.41) is 0. The lowest BCUT2D eigenvalue weighted by Gasteiger charge is -2.25. The normalized spacial score (nSPS) is 14.2. The van der Waals surface area contributed by atoms with Crippen molar-refractivity contribution in [2.75, 3.05) is 39.8 Å². The summed E-state index contributed by atoms with van der Waals surface area (Å²) < 4.78 is 78.5. The molecule has 0 spiro atoms. The van der Waals surface area contributed by atoms with Crippen LogP contribution in [0, 0.1) is 5.82 Å². The molecule has 44 heavy (non-hydrogen) atoms. The van der Waals surface area contributed by atoms with E-state index in [1.165, 1.54) is 18.2 Å². The lowest BCUT2D eigenvalue weighted by Crippen LogP contribution is -2.24. The molecular weight excluding hydrogens is 577 g/mol. The number of hydrogen-bond acceptors (Lipinski definition) is 4. The van der Waals surface area contributed by atoms with Crippen LogP contribution in [0.25, 0.3) is 5.70 Å². The van der Waals surface area contributed by atoms with Crippen molar-refractivity contribution in [1.82, 2.24) is 4.90 Å². The number of halogens is 5. The molecular formula is C35H52F5NO3. The van der Waals surface area contributed by atoms with Crippen LogP contribution in [-0.2, 0) is 4.74 Å². The van der Waals surface area contributed by atoms with Gasteiger partial charge >= 0.3 is 0 Å². The van der Waals surface area contributed by atoms with Crippen LogP contribution in [0.2, 0.25) is 0 Å². The molecule has 0 atom stereocenters. The van der Waals surface area contributed by atoms with E-state index in [0.717, 1.165) is 19.9 Å². The molecule has 0 aromatic heterocycles. The molecule has 1 aliphatic carbocycles. The lowest BCUT2D eigenvalue weighted by atomic mass is 10.1. The Hall–Kier alpha value is -3.33. The number of alkyl halides is 4. The molecule has 0 amide bonds. The third-order valence-corrected chi connectivity index (χ3v) is 5.66. The minimum atomic E-state index is -2.91. The van der Waals surface area contributed by atoms with Gasteiger partial charge in [-0.2, -0.15) is 0 Å². The van der Waals surface area contributed by atoms with Crippen molar-refractivity contribution in [1.29, 1.82) is 0 Å². The van der Waals surface area contributed by atoms with Gasteiger partial charge in [-0.15, -0.1) is 0 Å². The first-order valence-corrected chi connectivity index (χ1v) is 14.9. The van der Waals surface area contributed by atoms with Crippen LogP contribution in [0.3, 0.4) is 0 Å². The number of nitrogens with zero attached hydrogens (tertiary/aromatic N) is 1. The molecule has 4 nitrogen and oxygen atoms in total. The Morgan fingerprint density at radius 1 is 0.977 bits per heavy atom. The maximum atomic E-state index is 15.1. The molecule has 1 saturated heterocycles. The van der Waals surface area contributed by atoms with Crippen LogP contribution < -0.4 is 9.47 Å². The summed E-state index contributed by atoms with van der Waals surface area (Å²) in [7, 11) is 0. The van der Waals surface area contributed by atoms with Gasteiger partial charge in [-0.05, 0) is 45.3 Å². The summed E-state index contributed by atoms with van der Waals surface area (Å²) in [5.74, 6) is -2.49. The number of rotatable bonds is 8. The fourth-order valence-electron chi connectivity index (χ4n) is 3.59. The fourth-order valence-corrected chi connectivity index (χ4v) is 3.59. The first-order chi connectivity index (χ1) is 21.0. The van der Waals surface area contributed by atoms with Gasteiger partial charge in [0.25, 0.3) is 5.92 Å². The van der Waals surface area contributed by atoms with Crippen molar-refractivity contribution < 1.29 is 36.2 Å². The van der Waals surface area contributed by atoms with E-state index < -0.39 is 18.7 Å². The van der Waals surface area contributed by atoms with Crippen LogP contribution in [0.15, 0.2) is 78.7 Å². The van der Waals surface area contributed by atoms with Crippen LogP contribution in [0.4, 0.5) is 22.0 Å². The molecule has 3 rings (SSSR count). The standard InChI is InChI=1S/C26H30F3NO3.C4H8.2C2H6.CH2F2/c1-18(2)33-25-15-22(19(3)30-11-6-13-31-14-12-30)23(27)16-24(25)32-17-20-7-5-8-21(10-9-20)26(4,28)29;1-3-4-2;2*1-2;2-1-3/h7-10,15-16H,1,3,5-6,11-14,17H2,2,4H3;3-4H,1-2H3;2*1-2H3;1H2/b;4-3-;;;. The highest BCUT2D eigenvalue weighted by molar-refractivity contribution is 5.66. The number of benzene rings is 1. The van der Waals surface area contributed by atoms with Gasteiger partial charge in [0, 0.05) is 49.5 Å². The number of ether oxygens (including phenoxy) is 3. The Balaban J connectivity index is 0. The van der Waals surface area contributed by atoms with E-state index in [1.54, 1.807) is 25.1 Å². The zero-order chi connectivity index (χ0) is 34.1. The van der Waals surface area contributed by atoms with Gasteiger partial charge in [-0.1, -0.05) is 77.3 Å². The Bertz CT molecular complexity index is 1080. The zero-order valence-electron chi connectivity index (χ0n) is 27.8. The first-order valence-electron chi connectivity index (χ1n) is 14.9. The molecule has 9 heteroatoms. The molecule has 0 unspecified atom stereocenters. The lowest BCUT2D eigenvalue weighted by molar-refractivity contribution is 0.0672. The summed E-state index contributed by atoms with van der Waals surface area (Å²) in [6, 6.07) is 2.82. The van der Waals surface area contributed by atoms with E-state index in [1.807, 2.05) is 58.6 Å². The van der Waals surface area contributed by atoms with Crippen molar-refractivity contribution in [3.63, 3.8) is 0 Å². The Morgan fingerprint density at radius 2 is 1.59 bits per heavy atom. The van der Waals surface area contributed by atoms with E-state index in [4.69, 9.17) is 14.2 Å². The van der Waals surface area contributed by atoms with Gasteiger partial charge in [0.1, 0.15) is 12.4 Å². The second-order valence-corrected chi connectivity index (χ2v) is 8.93. The van der Waals surface area contributed by atoms with Gasteiger partial charge < -0.3 is 19.1 Å². The quantitative estimate of drug-likeness (QED) is 0.163. The van der Waals surface area contributed by atoms with Crippen molar-refractivity contribution in [2.45, 2.75) is 74.2 Å². The summed E-state index contributed by atoms with van der Waals surface area (Å²) in [6.07, 6.45) is 11.4. The second-order valence-electron chi connectivity index (χ2n) is 8.93. The van der Waals surface area contributed by atoms with E-state index in [9.17, 15) is 17.6 Å². The van der Waals surface area contributed by atoms with E-state index >= 15 is 4.39 Å². The molecule has 1 aliphatic heterocycles. The smallest absolute Gasteiger partial charge is 0.270 e. The second kappa shape index (κ2) is 25.0. The average molecular weight is 630 g/mol. The zero-order valence-corrected chi connectivity index (χ0v) is 27.8. The summed E-state index contributed by atoms with van der Waals surface area (Å²) in [4.78, 5) is 1.99. The molecule has 1 aromatic rings. The largest absolute Gasteiger partial charge is 0.485 e. The third-order valence-electron chi connectivity index (χ3n) is 5.66. The van der Waals surface area contributed by atoms with Crippen LogP contribution in [0.5, 0.6) is 11.5 Å². The number of allylic oxidation sites excluding steroid dienone is 7. The predicted octanol–water partition coefficient (Wildman–Crippen LogP) is 10.8. The monoisotopic (exact) mass is 629 g/mol. The van der Waals surface area contributed by atoms with Gasteiger partial charge in [0.15, 0.2) is 11.5 Å². The number of hydrogen-bond donors (Lipinski definition) is 0. The minimum absolute atomic E-state index is 0.0483. The summed E-state index contributed by atoms with van der Waals surface area (Å²) in [6.45, 7) is 23.3. The topological polar surface area (TPSA) is 30.9 Å². The van der Waals surface area contributed by atoms with Crippen LogP contribution >= 0.6 is 0 Å². The van der Waals surface area contributed by atoms with E-state index in [-0.39, 0.29) is 17.9 Å². The van der Waals surface area contributed by atoms with Crippen molar-refractivity contribution in [3.05, 3.63) is 90.0 Å². The molecule has 1 heterocycles. The van der Waals surface area contributed by atoms with Crippen molar-refractivity contribution >= 4 is 5.70 Å². The van der Waals surface area contributed by atoms with Crippen LogP contribution in [-0.4, -0.2) is 50.7 Å². The maximum absolute atomic E-state index is 15.1. The molecule has 1 aromatic carbocycles. The highest BCUT2D eigenvalue weighted by Gasteiger charge is 2.25. The Morgan fingerprint density at radius 3 is 2.14 bits per heavy atom. The predicted molar refractivity (Wildman–Crippen MR) is 174 cm³/mol. The summed E-state index contributed by atoms with van der Waals surface area (Å²) >= 11 is 0. The molecule has 1 fully saturated rings. The summed E-state index contributed by atoms with van der Waals surface area (Å²) in [5.41, 5.74) is 1.51. The molecule has 250 valence electrons. The van der Waals surface area contributed by atoms with E-state index in [0.29, 0.717) is 54.5 Å². The molecule has 0 N–H and O–H groups in total. The third kappa shape index (κ3) is 17.1. The fraction of sp³-hybridized carbons (Fsp3) is 0.486. The molecule has 0 bridgehead atoms.